The van der Waals surface area contributed by atoms with Crippen molar-refractivity contribution in [2.45, 2.75) is 39.5 Å². The first-order chi connectivity index (χ1) is 5.49. The van der Waals surface area contributed by atoms with Gasteiger partial charge in [0.25, 0.3) is 0 Å². The lowest BCUT2D eigenvalue weighted by molar-refractivity contribution is 0.485. The van der Waals surface area contributed by atoms with Gasteiger partial charge in [-0.2, -0.15) is 0 Å². The van der Waals surface area contributed by atoms with Crippen molar-refractivity contribution in [3.05, 3.63) is 0 Å². The Morgan fingerprint density at radius 2 is 1.92 bits per heavy atom. The quantitative estimate of drug-likeness (QED) is 0.671. The lowest BCUT2D eigenvalue weighted by atomic mass is 10.0. The molecule has 1 atom stereocenters. The fourth-order valence-corrected chi connectivity index (χ4v) is 3.46. The Kier molecular flexibility index (Phi) is 6.95. The molecule has 0 aromatic heterocycles. The third-order valence-electron chi connectivity index (χ3n) is 2.02. The van der Waals surface area contributed by atoms with Gasteiger partial charge in [-0.25, -0.2) is 4.89 Å². The molecule has 12 heavy (non-hydrogen) atoms. The summed E-state index contributed by atoms with van der Waals surface area (Å²) in [5.41, 5.74) is 0. The van der Waals surface area contributed by atoms with Gasteiger partial charge in [-0.3, -0.25) is 0 Å². The topological polar surface area (TPSA) is 20.2 Å². The van der Waals surface area contributed by atoms with Gasteiger partial charge in [-0.05, 0) is 18.8 Å². The molecule has 0 amide bonds. The van der Waals surface area contributed by atoms with E-state index in [4.69, 9.17) is 22.5 Å². The zero-order chi connectivity index (χ0) is 9.61. The van der Waals surface area contributed by atoms with E-state index in [0.29, 0.717) is 12.1 Å². The van der Waals surface area contributed by atoms with Crippen molar-refractivity contribution in [1.82, 2.24) is 0 Å². The van der Waals surface area contributed by atoms with E-state index in [1.54, 1.807) is 0 Å². The normalized spacial score (nSPS) is 14.8. The SMILES string of the molecule is CCCCC(CC)C[P+](O)(Cl)Cl. The van der Waals surface area contributed by atoms with Crippen LogP contribution in [0.2, 0.25) is 0 Å². The van der Waals surface area contributed by atoms with Crippen LogP contribution < -0.4 is 0 Å². The zero-order valence-corrected chi connectivity index (χ0v) is 10.2. The highest BCUT2D eigenvalue weighted by molar-refractivity contribution is 8.13. The van der Waals surface area contributed by atoms with Crippen LogP contribution in [-0.2, 0) is 0 Å². The van der Waals surface area contributed by atoms with Gasteiger partial charge in [0.1, 0.15) is 28.6 Å². The van der Waals surface area contributed by atoms with E-state index in [1.165, 1.54) is 12.8 Å². The summed E-state index contributed by atoms with van der Waals surface area (Å²) in [6.07, 6.45) is 2.59. The minimum atomic E-state index is -2.58. The molecule has 0 aromatic rings. The average molecular weight is 232 g/mol. The molecule has 1 unspecified atom stereocenters. The summed E-state index contributed by atoms with van der Waals surface area (Å²) in [6.45, 7) is 4.28. The Hall–Kier alpha value is 0.970. The number of hydrogen-bond donors (Lipinski definition) is 1. The van der Waals surface area contributed by atoms with Gasteiger partial charge < -0.3 is 0 Å². The molecule has 0 saturated carbocycles. The highest BCUT2D eigenvalue weighted by atomic mass is 35.9. The van der Waals surface area contributed by atoms with Gasteiger partial charge in [-0.15, -0.1) is 0 Å². The van der Waals surface area contributed by atoms with E-state index in [-0.39, 0.29) is 0 Å². The molecule has 0 aliphatic rings. The smallest absolute Gasteiger partial charge is 0.215 e. The molecular formula is C8H18Cl2OP+. The molecule has 1 nitrogen and oxygen atoms in total. The first-order valence-corrected chi connectivity index (χ1v) is 8.23. The van der Waals surface area contributed by atoms with E-state index in [2.05, 4.69) is 13.8 Å². The summed E-state index contributed by atoms with van der Waals surface area (Å²) in [6, 6.07) is 0. The molecule has 0 aromatic carbocycles. The van der Waals surface area contributed by atoms with Crippen LogP contribution in [0.25, 0.3) is 0 Å². The fraction of sp³-hybridized carbons (Fsp3) is 1.00. The number of halogens is 2. The van der Waals surface area contributed by atoms with Crippen LogP contribution in [0.15, 0.2) is 0 Å². The second-order valence-corrected chi connectivity index (χ2v) is 8.63. The predicted molar refractivity (Wildman–Crippen MR) is 59.0 cm³/mol. The van der Waals surface area contributed by atoms with Crippen LogP contribution in [0, 0.1) is 5.92 Å². The molecule has 0 bridgehead atoms. The Morgan fingerprint density at radius 3 is 2.25 bits per heavy atom. The summed E-state index contributed by atoms with van der Waals surface area (Å²) < 4.78 is 0. The molecule has 0 aliphatic carbocycles. The van der Waals surface area contributed by atoms with Crippen molar-refractivity contribution >= 4 is 28.7 Å². The van der Waals surface area contributed by atoms with Crippen LogP contribution in [-0.4, -0.2) is 11.1 Å². The van der Waals surface area contributed by atoms with Gasteiger partial charge in [0.05, 0.1) is 0 Å². The maximum absolute atomic E-state index is 9.26. The van der Waals surface area contributed by atoms with Crippen molar-refractivity contribution in [2.24, 2.45) is 5.92 Å². The maximum atomic E-state index is 9.26. The van der Waals surface area contributed by atoms with Crippen LogP contribution >= 0.6 is 28.7 Å². The summed E-state index contributed by atoms with van der Waals surface area (Å²) in [5.74, 6) is 0.498. The van der Waals surface area contributed by atoms with Crippen molar-refractivity contribution < 1.29 is 4.89 Å². The lowest BCUT2D eigenvalue weighted by Crippen LogP contribution is -2.04. The highest BCUT2D eigenvalue weighted by Gasteiger charge is 2.34. The van der Waals surface area contributed by atoms with E-state index >= 15 is 0 Å². The Morgan fingerprint density at radius 1 is 1.33 bits per heavy atom. The van der Waals surface area contributed by atoms with Gasteiger partial charge in [0, 0.05) is 0 Å². The van der Waals surface area contributed by atoms with Gasteiger partial charge in [0.2, 0.25) is 0 Å². The van der Waals surface area contributed by atoms with Crippen molar-refractivity contribution in [3.63, 3.8) is 0 Å². The second kappa shape index (κ2) is 6.43. The summed E-state index contributed by atoms with van der Waals surface area (Å²) >= 11 is 11.2. The molecule has 74 valence electrons. The highest BCUT2D eigenvalue weighted by Crippen LogP contribution is 2.66. The van der Waals surface area contributed by atoms with E-state index in [0.717, 1.165) is 12.8 Å². The number of rotatable bonds is 6. The molecule has 1 N–H and O–H groups in total. The van der Waals surface area contributed by atoms with Gasteiger partial charge in [0.15, 0.2) is 0 Å². The van der Waals surface area contributed by atoms with Crippen molar-refractivity contribution in [2.75, 3.05) is 6.16 Å². The Labute approximate surface area is 85.5 Å². The second-order valence-electron chi connectivity index (χ2n) is 3.19. The summed E-state index contributed by atoms with van der Waals surface area (Å²) in [4.78, 5) is 9.26. The zero-order valence-electron chi connectivity index (χ0n) is 7.76. The molecule has 0 rings (SSSR count). The minimum absolute atomic E-state index is 0.498. The van der Waals surface area contributed by atoms with Crippen LogP contribution in [0.5, 0.6) is 0 Å². The maximum Gasteiger partial charge on any atom is 0.336 e. The standard InChI is InChI=1S/C8H18Cl2OP/c1-3-5-6-8(4-2)7-12(9,10)11/h8,11H,3-7H2,1-2H3/q+1. The summed E-state index contributed by atoms with van der Waals surface area (Å²) in [7, 11) is 0. The third-order valence-corrected chi connectivity index (χ3v) is 3.80. The fourth-order valence-electron chi connectivity index (χ4n) is 1.23. The first-order valence-electron chi connectivity index (χ1n) is 4.49. The van der Waals surface area contributed by atoms with Gasteiger partial charge >= 0.3 is 6.19 Å². The van der Waals surface area contributed by atoms with Crippen molar-refractivity contribution in [1.29, 1.82) is 0 Å². The molecular weight excluding hydrogens is 214 g/mol. The van der Waals surface area contributed by atoms with Crippen LogP contribution in [0.4, 0.5) is 0 Å². The first kappa shape index (κ1) is 13.0. The molecule has 0 aliphatic heterocycles. The minimum Gasteiger partial charge on any atom is -0.215 e. The van der Waals surface area contributed by atoms with E-state index < -0.39 is 6.19 Å². The molecule has 0 radical (unpaired) electrons. The van der Waals surface area contributed by atoms with Crippen molar-refractivity contribution in [3.8, 4) is 0 Å². The number of hydrogen-bond acceptors (Lipinski definition) is 1. The van der Waals surface area contributed by atoms with Crippen LogP contribution in [0.3, 0.4) is 0 Å². The molecule has 0 spiro atoms. The number of unbranched alkanes of at least 4 members (excludes halogenated alkanes) is 1. The van der Waals surface area contributed by atoms with E-state index in [9.17, 15) is 4.89 Å². The molecule has 0 fully saturated rings. The Balaban J connectivity index is 3.67. The van der Waals surface area contributed by atoms with Gasteiger partial charge in [-0.1, -0.05) is 26.7 Å². The average Bonchev–Trinajstić information content (AvgIpc) is 1.95. The lowest BCUT2D eigenvalue weighted by Gasteiger charge is -2.12. The predicted octanol–water partition coefficient (Wildman–Crippen LogP) is 4.44. The summed E-state index contributed by atoms with van der Waals surface area (Å²) in [5, 5.41) is 0. The third kappa shape index (κ3) is 7.61. The largest absolute Gasteiger partial charge is 0.336 e. The molecule has 0 heterocycles. The van der Waals surface area contributed by atoms with Crippen LogP contribution in [0.1, 0.15) is 39.5 Å². The monoisotopic (exact) mass is 231 g/mol. The Bertz CT molecular complexity index is 114. The molecule has 0 saturated heterocycles. The molecule has 4 heteroatoms. The van der Waals surface area contributed by atoms with E-state index in [1.807, 2.05) is 0 Å².